The molecule has 2 heterocycles. The van der Waals surface area contributed by atoms with Crippen molar-refractivity contribution < 1.29 is 19.4 Å². The number of carbonyl (C=O) groups is 1. The largest absolute Gasteiger partial charge is 0.508 e. The molecule has 1 N–H and O–H groups in total. The van der Waals surface area contributed by atoms with Crippen molar-refractivity contribution in [2.24, 2.45) is 0 Å². The number of rotatable bonds is 14. The summed E-state index contributed by atoms with van der Waals surface area (Å²) in [5, 5.41) is 10.5. The van der Waals surface area contributed by atoms with E-state index in [4.69, 9.17) is 9.47 Å². The van der Waals surface area contributed by atoms with Crippen molar-refractivity contribution in [3.63, 3.8) is 0 Å². The minimum absolute atomic E-state index is 0.186. The van der Waals surface area contributed by atoms with Crippen LogP contribution in [0.15, 0.2) is 42.0 Å². The Labute approximate surface area is 216 Å². The first-order chi connectivity index (χ1) is 17.6. The van der Waals surface area contributed by atoms with Crippen LogP contribution in [0.1, 0.15) is 124 Å². The highest BCUT2D eigenvalue weighted by Gasteiger charge is 2.49. The number of ether oxygens (including phenoxy) is 2. The third kappa shape index (κ3) is 5.70. The molecule has 0 saturated heterocycles. The third-order valence-corrected chi connectivity index (χ3v) is 7.59. The number of fused-ring (bicyclic) bond motifs is 3. The lowest BCUT2D eigenvalue weighted by molar-refractivity contribution is -0.156. The molecule has 4 heteroatoms. The Morgan fingerprint density at radius 1 is 0.889 bits per heavy atom. The van der Waals surface area contributed by atoms with Gasteiger partial charge in [0.05, 0.1) is 6.61 Å². The van der Waals surface area contributed by atoms with E-state index in [2.05, 4.69) is 19.9 Å². The van der Waals surface area contributed by atoms with E-state index in [0.717, 1.165) is 59.9 Å². The molecule has 2 aromatic rings. The minimum atomic E-state index is -1.03. The van der Waals surface area contributed by atoms with Gasteiger partial charge in [-0.05, 0) is 37.5 Å². The van der Waals surface area contributed by atoms with Gasteiger partial charge in [0.2, 0.25) is 0 Å². The SMILES string of the molecule is CCCCCCCCC(=O)c1cccc2c1C=C(CCCCCCC)[C@]1(OCc3c(O)cccc31)O2. The standard InChI is InChI=1S/C32H42O4/c1-3-5-7-9-11-13-19-29(33)25-17-14-21-31-26(25)22-24(16-12-10-8-6-4-2)32(36-31)28-18-15-20-30(34)27(28)23-35-32/h14-15,17-18,20-22,34H,3-13,16,19,23H2,1-2H3/t32-/m0/s1. The molecule has 1 spiro atoms. The lowest BCUT2D eigenvalue weighted by Gasteiger charge is -2.37. The van der Waals surface area contributed by atoms with Gasteiger partial charge in [-0.2, -0.15) is 0 Å². The van der Waals surface area contributed by atoms with E-state index in [0.29, 0.717) is 18.8 Å². The summed E-state index contributed by atoms with van der Waals surface area (Å²) in [6.45, 7) is 4.75. The van der Waals surface area contributed by atoms with E-state index in [1.807, 2.05) is 30.3 Å². The number of Topliss-reactive ketones (excluding diaryl/α,β-unsaturated/α-hetero) is 1. The molecule has 36 heavy (non-hydrogen) atoms. The first-order valence-corrected chi connectivity index (χ1v) is 14.1. The molecule has 0 amide bonds. The molecule has 4 nitrogen and oxygen atoms in total. The van der Waals surface area contributed by atoms with E-state index >= 15 is 0 Å². The summed E-state index contributed by atoms with van der Waals surface area (Å²) in [7, 11) is 0. The number of hydrogen-bond acceptors (Lipinski definition) is 4. The maximum absolute atomic E-state index is 13.3. The van der Waals surface area contributed by atoms with Crippen LogP contribution in [0, 0.1) is 0 Å². The fourth-order valence-corrected chi connectivity index (χ4v) is 5.51. The quantitative estimate of drug-likeness (QED) is 0.212. The van der Waals surface area contributed by atoms with Crippen molar-refractivity contribution in [2.45, 2.75) is 110 Å². The van der Waals surface area contributed by atoms with E-state index < -0.39 is 5.79 Å². The van der Waals surface area contributed by atoms with Gasteiger partial charge in [-0.25, -0.2) is 0 Å². The molecule has 2 aliphatic rings. The van der Waals surface area contributed by atoms with Crippen LogP contribution in [0.4, 0.5) is 0 Å². The highest BCUT2D eigenvalue weighted by atomic mass is 16.7. The maximum Gasteiger partial charge on any atom is 0.261 e. The normalized spacial score (nSPS) is 18.0. The van der Waals surface area contributed by atoms with E-state index in [1.54, 1.807) is 6.07 Å². The molecule has 2 aliphatic heterocycles. The Hall–Kier alpha value is -2.59. The van der Waals surface area contributed by atoms with Crippen molar-refractivity contribution in [3.8, 4) is 11.5 Å². The zero-order chi connectivity index (χ0) is 25.4. The summed E-state index contributed by atoms with van der Waals surface area (Å²) in [5.41, 5.74) is 4.31. The van der Waals surface area contributed by atoms with Crippen LogP contribution in [0.5, 0.6) is 11.5 Å². The lowest BCUT2D eigenvalue weighted by Crippen LogP contribution is -2.37. The number of ketones is 1. The number of carbonyl (C=O) groups excluding carboxylic acids is 1. The van der Waals surface area contributed by atoms with Gasteiger partial charge in [0, 0.05) is 34.2 Å². The molecule has 2 aromatic carbocycles. The zero-order valence-corrected chi connectivity index (χ0v) is 22.1. The smallest absolute Gasteiger partial charge is 0.261 e. The molecule has 0 bridgehead atoms. The molecular formula is C32H42O4. The van der Waals surface area contributed by atoms with E-state index in [1.165, 1.54) is 44.9 Å². The summed E-state index contributed by atoms with van der Waals surface area (Å²) in [5.74, 6) is 0.0664. The Bertz CT molecular complexity index is 1070. The highest BCUT2D eigenvalue weighted by Crippen LogP contribution is 2.51. The number of aromatic hydroxyl groups is 1. The molecular weight excluding hydrogens is 448 g/mol. The average Bonchev–Trinajstić information content (AvgIpc) is 3.25. The second kappa shape index (κ2) is 12.6. The summed E-state index contributed by atoms with van der Waals surface area (Å²) >= 11 is 0. The Kier molecular flexibility index (Phi) is 9.25. The van der Waals surface area contributed by atoms with Gasteiger partial charge in [-0.3, -0.25) is 4.79 Å². The number of phenolic OH excluding ortho intramolecular Hbond substituents is 1. The summed E-state index contributed by atoms with van der Waals surface area (Å²) in [6, 6.07) is 11.3. The zero-order valence-electron chi connectivity index (χ0n) is 22.1. The Morgan fingerprint density at radius 3 is 2.36 bits per heavy atom. The lowest BCUT2D eigenvalue weighted by atomic mass is 9.86. The molecule has 0 radical (unpaired) electrons. The topological polar surface area (TPSA) is 55.8 Å². The molecule has 0 aliphatic carbocycles. The monoisotopic (exact) mass is 490 g/mol. The summed E-state index contributed by atoms with van der Waals surface area (Å²) in [4.78, 5) is 13.3. The van der Waals surface area contributed by atoms with E-state index in [-0.39, 0.29) is 11.5 Å². The number of hydrogen-bond donors (Lipinski definition) is 1. The fourth-order valence-electron chi connectivity index (χ4n) is 5.51. The molecule has 0 unspecified atom stereocenters. The van der Waals surface area contributed by atoms with E-state index in [9.17, 15) is 9.90 Å². The van der Waals surface area contributed by atoms with Crippen molar-refractivity contribution in [1.29, 1.82) is 0 Å². The van der Waals surface area contributed by atoms with Crippen LogP contribution in [0.2, 0.25) is 0 Å². The van der Waals surface area contributed by atoms with Gasteiger partial charge in [0.25, 0.3) is 5.79 Å². The predicted molar refractivity (Wildman–Crippen MR) is 145 cm³/mol. The fraction of sp³-hybridized carbons (Fsp3) is 0.531. The van der Waals surface area contributed by atoms with Crippen molar-refractivity contribution in [3.05, 3.63) is 64.2 Å². The number of unbranched alkanes of at least 4 members (excludes halogenated alkanes) is 9. The second-order valence-electron chi connectivity index (χ2n) is 10.3. The van der Waals surface area contributed by atoms with Gasteiger partial charge in [-0.1, -0.05) is 95.9 Å². The molecule has 0 aromatic heterocycles. The molecule has 1 atom stereocenters. The second-order valence-corrected chi connectivity index (χ2v) is 10.3. The Morgan fingerprint density at radius 2 is 1.58 bits per heavy atom. The van der Waals surface area contributed by atoms with Crippen LogP contribution >= 0.6 is 0 Å². The van der Waals surface area contributed by atoms with Gasteiger partial charge in [0.1, 0.15) is 11.5 Å². The summed E-state index contributed by atoms with van der Waals surface area (Å²) < 4.78 is 13.0. The summed E-state index contributed by atoms with van der Waals surface area (Å²) in [6.07, 6.45) is 16.4. The van der Waals surface area contributed by atoms with Crippen LogP contribution < -0.4 is 4.74 Å². The maximum atomic E-state index is 13.3. The van der Waals surface area contributed by atoms with Gasteiger partial charge >= 0.3 is 0 Å². The average molecular weight is 491 g/mol. The Balaban J connectivity index is 1.59. The predicted octanol–water partition coefficient (Wildman–Crippen LogP) is 8.85. The van der Waals surface area contributed by atoms with Gasteiger partial charge in [0.15, 0.2) is 5.78 Å². The number of benzene rings is 2. The van der Waals surface area contributed by atoms with Gasteiger partial charge < -0.3 is 14.6 Å². The van der Waals surface area contributed by atoms with Crippen molar-refractivity contribution in [1.82, 2.24) is 0 Å². The minimum Gasteiger partial charge on any atom is -0.508 e. The first-order valence-electron chi connectivity index (χ1n) is 14.1. The first kappa shape index (κ1) is 26.5. The van der Waals surface area contributed by atoms with Gasteiger partial charge in [-0.15, -0.1) is 0 Å². The third-order valence-electron chi connectivity index (χ3n) is 7.59. The van der Waals surface area contributed by atoms with Crippen LogP contribution in [-0.4, -0.2) is 10.9 Å². The molecule has 194 valence electrons. The molecule has 0 fully saturated rings. The van der Waals surface area contributed by atoms with Crippen molar-refractivity contribution >= 4 is 11.9 Å². The number of phenols is 1. The molecule has 4 rings (SSSR count). The van der Waals surface area contributed by atoms with Crippen LogP contribution in [0.3, 0.4) is 0 Å². The molecule has 0 saturated carbocycles. The van der Waals surface area contributed by atoms with Crippen LogP contribution in [-0.2, 0) is 17.1 Å². The van der Waals surface area contributed by atoms with Crippen molar-refractivity contribution in [2.75, 3.05) is 0 Å². The highest BCUT2D eigenvalue weighted by molar-refractivity contribution is 6.00. The van der Waals surface area contributed by atoms with Crippen LogP contribution in [0.25, 0.3) is 6.08 Å².